The van der Waals surface area contributed by atoms with Crippen LogP contribution in [-0.2, 0) is 9.59 Å². The van der Waals surface area contributed by atoms with Crippen LogP contribution in [0.15, 0.2) is 54.1 Å². The molecule has 6 heteroatoms. The van der Waals surface area contributed by atoms with E-state index in [4.69, 9.17) is 9.47 Å². The first kappa shape index (κ1) is 20.5. The monoisotopic (exact) mass is 395 g/mol. The van der Waals surface area contributed by atoms with E-state index in [9.17, 15) is 14.7 Å². The van der Waals surface area contributed by atoms with Crippen LogP contribution in [-0.4, -0.2) is 42.0 Å². The lowest BCUT2D eigenvalue weighted by molar-refractivity contribution is -0.139. The number of hydrogen-bond donors (Lipinski definition) is 1. The number of likely N-dealkylation sites (tertiary alicyclic amines) is 1. The molecule has 1 aliphatic rings. The lowest BCUT2D eigenvalue weighted by Gasteiger charge is -2.25. The second kappa shape index (κ2) is 8.82. The zero-order valence-corrected chi connectivity index (χ0v) is 16.8. The fraction of sp³-hybridized carbons (Fsp3) is 0.304. The molecule has 1 atom stereocenters. The van der Waals surface area contributed by atoms with E-state index in [-0.39, 0.29) is 11.3 Å². The minimum absolute atomic E-state index is 0.0952. The predicted octanol–water partition coefficient (Wildman–Crippen LogP) is 3.93. The van der Waals surface area contributed by atoms with Crippen LogP contribution in [0.1, 0.15) is 37.4 Å². The van der Waals surface area contributed by atoms with Gasteiger partial charge in [-0.15, -0.1) is 0 Å². The molecule has 0 aromatic heterocycles. The van der Waals surface area contributed by atoms with E-state index in [1.165, 1.54) is 4.90 Å². The Bertz CT molecular complexity index is 915. The molecule has 6 nitrogen and oxygen atoms in total. The number of rotatable bonds is 7. The summed E-state index contributed by atoms with van der Waals surface area (Å²) in [4.78, 5) is 27.0. The first-order chi connectivity index (χ1) is 14.0. The van der Waals surface area contributed by atoms with Crippen LogP contribution >= 0.6 is 0 Å². The van der Waals surface area contributed by atoms with Gasteiger partial charge in [0.1, 0.15) is 17.3 Å². The third-order valence-electron chi connectivity index (χ3n) is 4.87. The number of carbonyl (C=O) groups is 2. The molecule has 1 heterocycles. The molecule has 0 radical (unpaired) electrons. The molecule has 2 aromatic carbocycles. The molecule has 1 fully saturated rings. The summed E-state index contributed by atoms with van der Waals surface area (Å²) in [6.45, 7) is 4.81. The van der Waals surface area contributed by atoms with Crippen LogP contribution in [0.5, 0.6) is 11.5 Å². The van der Waals surface area contributed by atoms with Crippen molar-refractivity contribution in [3.63, 3.8) is 0 Å². The highest BCUT2D eigenvalue weighted by Crippen LogP contribution is 2.40. The Hall–Kier alpha value is -3.28. The van der Waals surface area contributed by atoms with E-state index in [0.717, 1.165) is 5.56 Å². The number of nitrogens with zero attached hydrogens (tertiary/aromatic N) is 1. The van der Waals surface area contributed by atoms with Crippen molar-refractivity contribution in [2.24, 2.45) is 0 Å². The fourth-order valence-corrected chi connectivity index (χ4v) is 3.52. The Morgan fingerprint density at radius 2 is 1.62 bits per heavy atom. The third kappa shape index (κ3) is 3.97. The van der Waals surface area contributed by atoms with E-state index in [1.54, 1.807) is 43.5 Å². The summed E-state index contributed by atoms with van der Waals surface area (Å²) in [6, 6.07) is 13.3. The fourth-order valence-electron chi connectivity index (χ4n) is 3.52. The van der Waals surface area contributed by atoms with Crippen LogP contribution < -0.4 is 9.47 Å². The van der Waals surface area contributed by atoms with E-state index < -0.39 is 17.7 Å². The van der Waals surface area contributed by atoms with Crippen LogP contribution in [0.25, 0.3) is 5.76 Å². The number of ether oxygens (including phenoxy) is 2. The second-order valence-electron chi connectivity index (χ2n) is 6.72. The summed E-state index contributed by atoms with van der Waals surface area (Å²) in [5, 5.41) is 10.9. The molecular weight excluding hydrogens is 370 g/mol. The van der Waals surface area contributed by atoms with Gasteiger partial charge in [0, 0.05) is 12.1 Å². The highest BCUT2D eigenvalue weighted by molar-refractivity contribution is 6.46. The molecule has 1 N–H and O–H groups in total. The quantitative estimate of drug-likeness (QED) is 0.437. The molecule has 2 aromatic rings. The Morgan fingerprint density at radius 1 is 1.00 bits per heavy atom. The number of aliphatic hydroxyl groups excluding tert-OH is 1. The Morgan fingerprint density at radius 3 is 2.17 bits per heavy atom. The lowest BCUT2D eigenvalue weighted by Crippen LogP contribution is -2.30. The standard InChI is InChI=1S/C23H25NO5/c1-4-14-24-20(15-6-12-18(13-7-15)29-5-2)19(22(26)23(24)27)21(25)16-8-10-17(28-3)11-9-16/h6-13,20,25H,4-5,14H2,1-3H3/b21-19-. The molecule has 1 unspecified atom stereocenters. The van der Waals surface area contributed by atoms with Crippen LogP contribution in [0, 0.1) is 0 Å². The summed E-state index contributed by atoms with van der Waals surface area (Å²) >= 11 is 0. The van der Waals surface area contributed by atoms with E-state index >= 15 is 0 Å². The van der Waals surface area contributed by atoms with Gasteiger partial charge < -0.3 is 19.5 Å². The number of ketones is 1. The lowest BCUT2D eigenvalue weighted by atomic mass is 9.95. The van der Waals surface area contributed by atoms with Crippen molar-refractivity contribution in [3.8, 4) is 11.5 Å². The molecule has 1 saturated heterocycles. The zero-order valence-electron chi connectivity index (χ0n) is 16.8. The molecule has 1 amide bonds. The average molecular weight is 395 g/mol. The SMILES string of the molecule is CCCN1C(=O)C(=O)/C(=C(\O)c2ccc(OC)cc2)C1c1ccc(OCC)cc1. The topological polar surface area (TPSA) is 76.1 Å². The molecular formula is C23H25NO5. The summed E-state index contributed by atoms with van der Waals surface area (Å²) in [7, 11) is 1.55. The molecule has 0 aliphatic carbocycles. The van der Waals surface area contributed by atoms with Crippen LogP contribution in [0.2, 0.25) is 0 Å². The maximum atomic E-state index is 12.8. The number of benzene rings is 2. The van der Waals surface area contributed by atoms with Crippen molar-refractivity contribution in [2.45, 2.75) is 26.3 Å². The third-order valence-corrected chi connectivity index (χ3v) is 4.87. The number of amides is 1. The van der Waals surface area contributed by atoms with Gasteiger partial charge in [-0.2, -0.15) is 0 Å². The Labute approximate surface area is 170 Å². The van der Waals surface area contributed by atoms with Crippen molar-refractivity contribution in [1.82, 2.24) is 4.90 Å². The van der Waals surface area contributed by atoms with Gasteiger partial charge in [0.25, 0.3) is 11.7 Å². The average Bonchev–Trinajstić information content (AvgIpc) is 2.99. The first-order valence-corrected chi connectivity index (χ1v) is 9.67. The van der Waals surface area contributed by atoms with Gasteiger partial charge in [0.2, 0.25) is 0 Å². The summed E-state index contributed by atoms with van der Waals surface area (Å²) in [5.74, 6) is -0.121. The van der Waals surface area contributed by atoms with Gasteiger partial charge in [-0.1, -0.05) is 19.1 Å². The van der Waals surface area contributed by atoms with Crippen molar-refractivity contribution < 1.29 is 24.2 Å². The molecule has 0 saturated carbocycles. The largest absolute Gasteiger partial charge is 0.507 e. The molecule has 29 heavy (non-hydrogen) atoms. The van der Waals surface area contributed by atoms with Gasteiger partial charge in [-0.25, -0.2) is 0 Å². The molecule has 3 rings (SSSR count). The van der Waals surface area contributed by atoms with Crippen LogP contribution in [0.3, 0.4) is 0 Å². The highest BCUT2D eigenvalue weighted by atomic mass is 16.5. The minimum Gasteiger partial charge on any atom is -0.507 e. The number of carbonyl (C=O) groups excluding carboxylic acids is 2. The summed E-state index contributed by atoms with van der Waals surface area (Å²) < 4.78 is 10.6. The maximum Gasteiger partial charge on any atom is 0.295 e. The number of hydrogen-bond acceptors (Lipinski definition) is 5. The maximum absolute atomic E-state index is 12.8. The summed E-state index contributed by atoms with van der Waals surface area (Å²) in [6.07, 6.45) is 0.698. The van der Waals surface area contributed by atoms with Gasteiger partial charge in [0.05, 0.1) is 25.3 Å². The highest BCUT2D eigenvalue weighted by Gasteiger charge is 2.45. The zero-order chi connectivity index (χ0) is 21.0. The number of methoxy groups -OCH3 is 1. The second-order valence-corrected chi connectivity index (χ2v) is 6.72. The predicted molar refractivity (Wildman–Crippen MR) is 110 cm³/mol. The van der Waals surface area contributed by atoms with Gasteiger partial charge in [-0.05, 0) is 55.3 Å². The van der Waals surface area contributed by atoms with Gasteiger partial charge in [0.15, 0.2) is 0 Å². The van der Waals surface area contributed by atoms with Crippen molar-refractivity contribution >= 4 is 17.4 Å². The van der Waals surface area contributed by atoms with Crippen molar-refractivity contribution in [1.29, 1.82) is 0 Å². The number of aliphatic hydroxyl groups is 1. The van der Waals surface area contributed by atoms with Crippen molar-refractivity contribution in [3.05, 3.63) is 65.2 Å². The molecule has 152 valence electrons. The Balaban J connectivity index is 2.10. The first-order valence-electron chi connectivity index (χ1n) is 9.67. The minimum atomic E-state index is -0.675. The smallest absolute Gasteiger partial charge is 0.295 e. The van der Waals surface area contributed by atoms with Gasteiger partial charge in [-0.3, -0.25) is 9.59 Å². The molecule has 0 spiro atoms. The van der Waals surface area contributed by atoms with Crippen LogP contribution in [0.4, 0.5) is 0 Å². The van der Waals surface area contributed by atoms with E-state index in [1.807, 2.05) is 26.0 Å². The van der Waals surface area contributed by atoms with Crippen molar-refractivity contribution in [2.75, 3.05) is 20.3 Å². The van der Waals surface area contributed by atoms with E-state index in [0.29, 0.717) is 36.6 Å². The Kier molecular flexibility index (Phi) is 6.22. The number of Topliss-reactive ketones (excluding diaryl/α,β-unsaturated/α-hetero) is 1. The normalized spacial score (nSPS) is 18.2. The van der Waals surface area contributed by atoms with E-state index in [2.05, 4.69) is 0 Å². The summed E-state index contributed by atoms with van der Waals surface area (Å²) in [5.41, 5.74) is 1.30. The molecule has 0 bridgehead atoms. The molecule has 1 aliphatic heterocycles. The van der Waals surface area contributed by atoms with Gasteiger partial charge >= 0.3 is 0 Å².